The Morgan fingerprint density at radius 1 is 1.00 bits per heavy atom. The summed E-state index contributed by atoms with van der Waals surface area (Å²) < 4.78 is 15.4. The zero-order chi connectivity index (χ0) is 22.7. The van der Waals surface area contributed by atoms with Gasteiger partial charge in [0, 0.05) is 31.9 Å². The highest BCUT2D eigenvalue weighted by Crippen LogP contribution is 2.33. The number of aromatic hydroxyl groups is 1. The molecule has 1 aromatic heterocycles. The van der Waals surface area contributed by atoms with Gasteiger partial charge < -0.3 is 14.6 Å². The lowest BCUT2D eigenvalue weighted by Gasteiger charge is -2.39. The number of likely N-dealkylation sites (N-methyl/N-ethyl adjacent to an activating group) is 1. The van der Waals surface area contributed by atoms with E-state index in [-0.39, 0.29) is 17.1 Å². The van der Waals surface area contributed by atoms with Gasteiger partial charge in [-0.05, 0) is 42.8 Å². The van der Waals surface area contributed by atoms with Crippen LogP contribution in [0.3, 0.4) is 0 Å². The largest absolute Gasteiger partial charge is 0.507 e. The van der Waals surface area contributed by atoms with E-state index in [9.17, 15) is 14.3 Å². The summed E-state index contributed by atoms with van der Waals surface area (Å²) in [6.07, 6.45) is 0. The van der Waals surface area contributed by atoms with Crippen molar-refractivity contribution < 1.29 is 9.50 Å². The van der Waals surface area contributed by atoms with Crippen LogP contribution in [0.2, 0.25) is 0 Å². The van der Waals surface area contributed by atoms with E-state index < -0.39 is 6.04 Å². The second-order valence-corrected chi connectivity index (χ2v) is 8.39. The zero-order valence-electron chi connectivity index (χ0n) is 18.7. The average molecular weight is 436 g/mol. The van der Waals surface area contributed by atoms with E-state index >= 15 is 0 Å². The first-order valence-electron chi connectivity index (χ1n) is 11.2. The molecule has 0 bridgehead atoms. The molecule has 5 nitrogen and oxygen atoms in total. The van der Waals surface area contributed by atoms with Crippen molar-refractivity contribution in [2.45, 2.75) is 26.4 Å². The van der Waals surface area contributed by atoms with Gasteiger partial charge in [-0.25, -0.2) is 4.39 Å². The Kier molecular flexibility index (Phi) is 6.72. The van der Waals surface area contributed by atoms with E-state index in [0.717, 1.165) is 43.9 Å². The third kappa shape index (κ3) is 4.61. The molecule has 2 heterocycles. The SMILES string of the molecule is CCN1CCN([C@H](c2ccc(F)cc2)c2c(O)cc(C)n(Cc3ccccc3)c2=O)CC1. The lowest BCUT2D eigenvalue weighted by molar-refractivity contribution is 0.111. The smallest absolute Gasteiger partial charge is 0.259 e. The lowest BCUT2D eigenvalue weighted by Crippen LogP contribution is -2.48. The molecule has 2 aromatic carbocycles. The summed E-state index contributed by atoms with van der Waals surface area (Å²) >= 11 is 0. The molecule has 0 aliphatic carbocycles. The van der Waals surface area contributed by atoms with Gasteiger partial charge in [0.05, 0.1) is 18.2 Å². The highest BCUT2D eigenvalue weighted by Gasteiger charge is 2.31. The van der Waals surface area contributed by atoms with Crippen LogP contribution < -0.4 is 5.56 Å². The third-order valence-electron chi connectivity index (χ3n) is 6.38. The Hall–Kier alpha value is -2.96. The minimum Gasteiger partial charge on any atom is -0.507 e. The van der Waals surface area contributed by atoms with Crippen molar-refractivity contribution in [2.24, 2.45) is 0 Å². The topological polar surface area (TPSA) is 48.7 Å². The van der Waals surface area contributed by atoms with Gasteiger partial charge in [0.1, 0.15) is 11.6 Å². The monoisotopic (exact) mass is 435 g/mol. The van der Waals surface area contributed by atoms with Crippen molar-refractivity contribution >= 4 is 0 Å². The van der Waals surface area contributed by atoms with Gasteiger partial charge in [-0.1, -0.05) is 49.4 Å². The number of benzene rings is 2. The number of rotatable bonds is 6. The predicted octanol–water partition coefficient (Wildman–Crippen LogP) is 3.78. The van der Waals surface area contributed by atoms with Gasteiger partial charge in [-0.3, -0.25) is 9.69 Å². The number of aryl methyl sites for hydroxylation is 1. The quantitative estimate of drug-likeness (QED) is 0.640. The molecule has 0 unspecified atom stereocenters. The van der Waals surface area contributed by atoms with Crippen LogP contribution in [0, 0.1) is 12.7 Å². The molecule has 0 amide bonds. The Labute approximate surface area is 188 Å². The number of halogens is 1. The number of nitrogens with zero attached hydrogens (tertiary/aromatic N) is 3. The molecule has 32 heavy (non-hydrogen) atoms. The molecule has 0 radical (unpaired) electrons. The first-order chi connectivity index (χ1) is 15.5. The van der Waals surface area contributed by atoms with Crippen molar-refractivity contribution in [2.75, 3.05) is 32.7 Å². The first-order valence-corrected chi connectivity index (χ1v) is 11.2. The number of hydrogen-bond donors (Lipinski definition) is 1. The minimum atomic E-state index is -0.440. The summed E-state index contributed by atoms with van der Waals surface area (Å²) in [6.45, 7) is 8.69. The highest BCUT2D eigenvalue weighted by molar-refractivity contribution is 5.41. The molecule has 1 atom stereocenters. The Bertz CT molecular complexity index is 1100. The van der Waals surface area contributed by atoms with Crippen molar-refractivity contribution in [3.63, 3.8) is 0 Å². The Balaban J connectivity index is 1.80. The zero-order valence-corrected chi connectivity index (χ0v) is 18.7. The second kappa shape index (κ2) is 9.67. The summed E-state index contributed by atoms with van der Waals surface area (Å²) in [7, 11) is 0. The third-order valence-corrected chi connectivity index (χ3v) is 6.38. The van der Waals surface area contributed by atoms with E-state index in [1.54, 1.807) is 22.8 Å². The van der Waals surface area contributed by atoms with Crippen LogP contribution in [0.15, 0.2) is 65.5 Å². The minimum absolute atomic E-state index is 0.0101. The number of hydrogen-bond acceptors (Lipinski definition) is 4. The summed E-state index contributed by atoms with van der Waals surface area (Å²) in [5.74, 6) is -0.332. The van der Waals surface area contributed by atoms with Crippen LogP contribution in [0.25, 0.3) is 0 Å². The van der Waals surface area contributed by atoms with Gasteiger partial charge >= 0.3 is 0 Å². The Morgan fingerprint density at radius 3 is 2.28 bits per heavy atom. The van der Waals surface area contributed by atoms with Gasteiger partial charge in [0.25, 0.3) is 5.56 Å². The second-order valence-electron chi connectivity index (χ2n) is 8.39. The average Bonchev–Trinajstić information content (AvgIpc) is 2.81. The fourth-order valence-corrected chi connectivity index (χ4v) is 4.53. The molecule has 6 heteroatoms. The van der Waals surface area contributed by atoms with E-state index in [0.29, 0.717) is 17.8 Å². The predicted molar refractivity (Wildman–Crippen MR) is 125 cm³/mol. The lowest BCUT2D eigenvalue weighted by atomic mass is 9.96. The number of aromatic nitrogens is 1. The first kappa shape index (κ1) is 22.2. The van der Waals surface area contributed by atoms with E-state index in [1.165, 1.54) is 12.1 Å². The van der Waals surface area contributed by atoms with Crippen LogP contribution >= 0.6 is 0 Å². The van der Waals surface area contributed by atoms with Crippen LogP contribution in [0.1, 0.15) is 35.3 Å². The fraction of sp³-hybridized carbons (Fsp3) is 0.346. The van der Waals surface area contributed by atoms with Gasteiger partial charge in [-0.15, -0.1) is 0 Å². The van der Waals surface area contributed by atoms with E-state index in [4.69, 9.17) is 0 Å². The molecule has 1 N–H and O–H groups in total. The Morgan fingerprint density at radius 2 is 1.66 bits per heavy atom. The fourth-order valence-electron chi connectivity index (χ4n) is 4.53. The van der Waals surface area contributed by atoms with Gasteiger partial charge in [-0.2, -0.15) is 0 Å². The summed E-state index contributed by atoms with van der Waals surface area (Å²) in [5, 5.41) is 11.0. The van der Waals surface area contributed by atoms with Crippen LogP contribution in [0.5, 0.6) is 5.75 Å². The molecule has 1 aliphatic heterocycles. The molecular formula is C26H30FN3O2. The number of piperazine rings is 1. The molecule has 168 valence electrons. The summed E-state index contributed by atoms with van der Waals surface area (Å²) in [6, 6.07) is 17.3. The van der Waals surface area contributed by atoms with Crippen LogP contribution in [0.4, 0.5) is 4.39 Å². The maximum Gasteiger partial charge on any atom is 0.259 e. The number of pyridine rings is 1. The van der Waals surface area contributed by atoms with Crippen LogP contribution in [-0.2, 0) is 6.54 Å². The molecule has 3 aromatic rings. The van der Waals surface area contributed by atoms with Crippen LogP contribution in [-0.4, -0.2) is 52.2 Å². The maximum atomic E-state index is 13.8. The van der Waals surface area contributed by atoms with Crippen molar-refractivity contribution in [1.29, 1.82) is 0 Å². The molecule has 1 fully saturated rings. The molecule has 1 aliphatic rings. The summed E-state index contributed by atoms with van der Waals surface area (Å²) in [4.78, 5) is 18.3. The molecular weight excluding hydrogens is 405 g/mol. The normalized spacial score (nSPS) is 16.2. The molecule has 1 saturated heterocycles. The summed E-state index contributed by atoms with van der Waals surface area (Å²) in [5.41, 5.74) is 2.67. The van der Waals surface area contributed by atoms with E-state index in [1.807, 2.05) is 37.3 Å². The van der Waals surface area contributed by atoms with Crippen molar-refractivity contribution in [1.82, 2.24) is 14.4 Å². The van der Waals surface area contributed by atoms with Gasteiger partial charge in [0.15, 0.2) is 0 Å². The molecule has 4 rings (SSSR count). The van der Waals surface area contributed by atoms with Gasteiger partial charge in [0.2, 0.25) is 0 Å². The van der Waals surface area contributed by atoms with E-state index in [2.05, 4.69) is 16.7 Å². The molecule has 0 saturated carbocycles. The maximum absolute atomic E-state index is 13.8. The van der Waals surface area contributed by atoms with Crippen molar-refractivity contribution in [3.05, 3.63) is 99.2 Å². The van der Waals surface area contributed by atoms with Crippen molar-refractivity contribution in [3.8, 4) is 5.75 Å². The highest BCUT2D eigenvalue weighted by atomic mass is 19.1. The standard InChI is InChI=1S/C26H30FN3O2/c1-3-28-13-15-29(16-14-28)25(21-9-11-22(27)12-10-21)24-23(31)17-19(2)30(26(24)32)18-20-7-5-4-6-8-20/h4-12,17,25,31H,3,13-16,18H2,1-2H3/t25-/m1/s1. The molecule has 0 spiro atoms.